The van der Waals surface area contributed by atoms with Gasteiger partial charge in [-0.1, -0.05) is 90.9 Å². The molecule has 0 saturated heterocycles. The fourth-order valence-electron chi connectivity index (χ4n) is 2.96. The molecule has 2 heteroatoms. The maximum absolute atomic E-state index is 11.8. The lowest BCUT2D eigenvalue weighted by molar-refractivity contribution is -0.148. The van der Waals surface area contributed by atoms with Gasteiger partial charge in [0.05, 0.1) is 6.10 Å². The molecule has 0 N–H and O–H groups in total. The van der Waals surface area contributed by atoms with E-state index in [1.165, 1.54) is 83.5 Å². The minimum absolute atomic E-state index is 0.00700. The smallest absolute Gasteiger partial charge is 0.306 e. The molecular weight excluding hydrogens is 284 g/mol. The molecule has 0 radical (unpaired) electrons. The molecule has 0 aromatic carbocycles. The highest BCUT2D eigenvalue weighted by atomic mass is 16.5. The standard InChI is InChI=1S/C21H42O2/c1-4-6-8-10-11-12-13-14-15-17-19-21(22)23-20(3)18-16-9-7-5-2/h20H,4-19H2,1-3H3. The van der Waals surface area contributed by atoms with Crippen molar-refractivity contribution in [2.45, 2.75) is 130 Å². The molecule has 0 rings (SSSR count). The number of carbonyl (C=O) groups is 1. The Morgan fingerprint density at radius 3 is 1.65 bits per heavy atom. The Balaban J connectivity index is 3.29. The maximum atomic E-state index is 11.8. The van der Waals surface area contributed by atoms with Crippen LogP contribution in [0.25, 0.3) is 0 Å². The molecule has 0 saturated carbocycles. The Labute approximate surface area is 145 Å². The van der Waals surface area contributed by atoms with Crippen LogP contribution in [0.4, 0.5) is 0 Å². The van der Waals surface area contributed by atoms with Gasteiger partial charge in [0.15, 0.2) is 0 Å². The third-order valence-corrected chi connectivity index (χ3v) is 4.53. The van der Waals surface area contributed by atoms with Crippen LogP contribution < -0.4 is 0 Å². The van der Waals surface area contributed by atoms with Gasteiger partial charge in [0.25, 0.3) is 0 Å². The van der Waals surface area contributed by atoms with Crippen molar-refractivity contribution < 1.29 is 9.53 Å². The van der Waals surface area contributed by atoms with Crippen LogP contribution >= 0.6 is 0 Å². The van der Waals surface area contributed by atoms with Gasteiger partial charge >= 0.3 is 5.97 Å². The summed E-state index contributed by atoms with van der Waals surface area (Å²) in [7, 11) is 0. The molecule has 23 heavy (non-hydrogen) atoms. The lowest BCUT2D eigenvalue weighted by atomic mass is 10.1. The third kappa shape index (κ3) is 17.7. The van der Waals surface area contributed by atoms with E-state index in [9.17, 15) is 4.79 Å². The fraction of sp³-hybridized carbons (Fsp3) is 0.952. The summed E-state index contributed by atoms with van der Waals surface area (Å²) >= 11 is 0. The van der Waals surface area contributed by atoms with Gasteiger partial charge in [-0.3, -0.25) is 4.79 Å². The molecule has 0 aliphatic rings. The van der Waals surface area contributed by atoms with Crippen LogP contribution in [0.3, 0.4) is 0 Å². The SMILES string of the molecule is CCCCCCCCCCCCC(=O)OC(C)CCCCCC. The first-order valence-electron chi connectivity index (χ1n) is 10.4. The highest BCUT2D eigenvalue weighted by Gasteiger charge is 2.08. The highest BCUT2D eigenvalue weighted by molar-refractivity contribution is 5.69. The zero-order chi connectivity index (χ0) is 17.2. The van der Waals surface area contributed by atoms with E-state index in [0.29, 0.717) is 6.42 Å². The Morgan fingerprint density at radius 2 is 1.13 bits per heavy atom. The quantitative estimate of drug-likeness (QED) is 0.209. The van der Waals surface area contributed by atoms with E-state index in [1.54, 1.807) is 0 Å². The first-order chi connectivity index (χ1) is 11.2. The summed E-state index contributed by atoms with van der Waals surface area (Å²) in [6.45, 7) is 6.51. The molecule has 1 atom stereocenters. The van der Waals surface area contributed by atoms with Gasteiger partial charge < -0.3 is 4.74 Å². The molecule has 0 amide bonds. The number of ether oxygens (including phenoxy) is 1. The van der Waals surface area contributed by atoms with Crippen LogP contribution in [0.15, 0.2) is 0 Å². The molecule has 0 aliphatic carbocycles. The van der Waals surface area contributed by atoms with Crippen molar-refractivity contribution in [3.05, 3.63) is 0 Å². The summed E-state index contributed by atoms with van der Waals surface area (Å²) in [6, 6.07) is 0. The Morgan fingerprint density at radius 1 is 0.696 bits per heavy atom. The summed E-state index contributed by atoms with van der Waals surface area (Å²) in [5, 5.41) is 0. The van der Waals surface area contributed by atoms with Crippen molar-refractivity contribution in [2.24, 2.45) is 0 Å². The summed E-state index contributed by atoms with van der Waals surface area (Å²) in [5.41, 5.74) is 0. The van der Waals surface area contributed by atoms with Crippen molar-refractivity contribution in [1.82, 2.24) is 0 Å². The number of rotatable bonds is 17. The van der Waals surface area contributed by atoms with Gasteiger partial charge in [-0.15, -0.1) is 0 Å². The number of unbranched alkanes of at least 4 members (excludes halogenated alkanes) is 12. The molecular formula is C21H42O2. The summed E-state index contributed by atoms with van der Waals surface area (Å²) < 4.78 is 5.47. The van der Waals surface area contributed by atoms with Gasteiger partial charge in [0, 0.05) is 6.42 Å². The average molecular weight is 327 g/mol. The first kappa shape index (κ1) is 22.5. The van der Waals surface area contributed by atoms with Crippen LogP contribution in [0.5, 0.6) is 0 Å². The predicted octanol–water partition coefficient (Wildman–Crippen LogP) is 7.20. The van der Waals surface area contributed by atoms with E-state index in [2.05, 4.69) is 13.8 Å². The molecule has 0 fully saturated rings. The van der Waals surface area contributed by atoms with Crippen LogP contribution in [0.1, 0.15) is 124 Å². The summed E-state index contributed by atoms with van der Waals surface area (Å²) in [6.07, 6.45) is 19.8. The molecule has 0 aromatic rings. The average Bonchev–Trinajstić information content (AvgIpc) is 2.53. The highest BCUT2D eigenvalue weighted by Crippen LogP contribution is 2.13. The molecule has 1 unspecified atom stereocenters. The van der Waals surface area contributed by atoms with Crippen molar-refractivity contribution in [3.63, 3.8) is 0 Å². The molecule has 0 spiro atoms. The van der Waals surface area contributed by atoms with Crippen LogP contribution in [-0.4, -0.2) is 12.1 Å². The van der Waals surface area contributed by atoms with Gasteiger partial charge in [-0.25, -0.2) is 0 Å². The molecule has 2 nitrogen and oxygen atoms in total. The Bertz CT molecular complexity index is 250. The second kappa shape index (κ2) is 17.8. The molecule has 0 heterocycles. The van der Waals surface area contributed by atoms with Crippen molar-refractivity contribution in [2.75, 3.05) is 0 Å². The Kier molecular flexibility index (Phi) is 17.4. The van der Waals surface area contributed by atoms with E-state index in [1.807, 2.05) is 6.92 Å². The molecule has 0 aromatic heterocycles. The molecule has 138 valence electrons. The first-order valence-corrected chi connectivity index (χ1v) is 10.4. The number of hydrogen-bond donors (Lipinski definition) is 0. The van der Waals surface area contributed by atoms with Gasteiger partial charge in [0.1, 0.15) is 0 Å². The van der Waals surface area contributed by atoms with Crippen molar-refractivity contribution >= 4 is 5.97 Å². The maximum Gasteiger partial charge on any atom is 0.306 e. The minimum Gasteiger partial charge on any atom is -0.463 e. The third-order valence-electron chi connectivity index (χ3n) is 4.53. The number of esters is 1. The van der Waals surface area contributed by atoms with E-state index in [-0.39, 0.29) is 12.1 Å². The number of hydrogen-bond acceptors (Lipinski definition) is 2. The normalized spacial score (nSPS) is 12.3. The van der Waals surface area contributed by atoms with E-state index in [0.717, 1.165) is 12.8 Å². The molecule has 0 aliphatic heterocycles. The van der Waals surface area contributed by atoms with Gasteiger partial charge in [-0.05, 0) is 26.2 Å². The van der Waals surface area contributed by atoms with E-state index >= 15 is 0 Å². The van der Waals surface area contributed by atoms with E-state index in [4.69, 9.17) is 4.74 Å². The van der Waals surface area contributed by atoms with Crippen molar-refractivity contribution in [1.29, 1.82) is 0 Å². The lowest BCUT2D eigenvalue weighted by Gasteiger charge is -2.13. The van der Waals surface area contributed by atoms with Gasteiger partial charge in [-0.2, -0.15) is 0 Å². The van der Waals surface area contributed by atoms with Crippen LogP contribution in [0.2, 0.25) is 0 Å². The second-order valence-electron chi connectivity index (χ2n) is 7.08. The Hall–Kier alpha value is -0.530. The van der Waals surface area contributed by atoms with Gasteiger partial charge in [0.2, 0.25) is 0 Å². The zero-order valence-corrected chi connectivity index (χ0v) is 16.2. The summed E-state index contributed by atoms with van der Waals surface area (Å²) in [5.74, 6) is 0.00700. The fourth-order valence-corrected chi connectivity index (χ4v) is 2.96. The number of carbonyl (C=O) groups excluding carboxylic acids is 1. The zero-order valence-electron chi connectivity index (χ0n) is 16.2. The van der Waals surface area contributed by atoms with Crippen LogP contribution in [-0.2, 0) is 9.53 Å². The monoisotopic (exact) mass is 326 g/mol. The van der Waals surface area contributed by atoms with Crippen molar-refractivity contribution in [3.8, 4) is 0 Å². The largest absolute Gasteiger partial charge is 0.463 e. The summed E-state index contributed by atoms with van der Waals surface area (Å²) in [4.78, 5) is 11.8. The second-order valence-corrected chi connectivity index (χ2v) is 7.08. The van der Waals surface area contributed by atoms with Crippen LogP contribution in [0, 0.1) is 0 Å². The van der Waals surface area contributed by atoms with E-state index < -0.39 is 0 Å². The molecule has 0 bridgehead atoms. The predicted molar refractivity (Wildman–Crippen MR) is 101 cm³/mol. The minimum atomic E-state index is 0.00700. The topological polar surface area (TPSA) is 26.3 Å². The lowest BCUT2D eigenvalue weighted by Crippen LogP contribution is -2.14.